The van der Waals surface area contributed by atoms with Crippen LogP contribution in [-0.4, -0.2) is 9.78 Å². The predicted molar refractivity (Wildman–Crippen MR) is 55.6 cm³/mol. The van der Waals surface area contributed by atoms with E-state index in [2.05, 4.69) is 30.6 Å². The molecule has 2 N–H and O–H groups in total. The minimum Gasteiger partial charge on any atom is -0.396 e. The van der Waals surface area contributed by atoms with Crippen molar-refractivity contribution in [2.24, 2.45) is 0 Å². The fourth-order valence-corrected chi connectivity index (χ4v) is 1.72. The second kappa shape index (κ2) is 4.30. The van der Waals surface area contributed by atoms with Crippen LogP contribution in [0, 0.1) is 0 Å². The summed E-state index contributed by atoms with van der Waals surface area (Å²) in [4.78, 5) is 0. The number of aromatic nitrogens is 2. The average molecular weight is 181 g/mol. The minimum atomic E-state index is 0.507. The standard InChI is InChI=1S/C10H19N3/c1-4-8(5-2)13-10(6-3)9(11)7-12-13/h7-8H,4-6,11H2,1-3H3. The van der Waals surface area contributed by atoms with Gasteiger partial charge in [0.15, 0.2) is 0 Å². The van der Waals surface area contributed by atoms with Gasteiger partial charge < -0.3 is 5.73 Å². The van der Waals surface area contributed by atoms with Crippen LogP contribution in [0.4, 0.5) is 5.69 Å². The quantitative estimate of drug-likeness (QED) is 0.775. The third-order valence-corrected chi connectivity index (χ3v) is 2.55. The van der Waals surface area contributed by atoms with Crippen LogP contribution in [0.3, 0.4) is 0 Å². The van der Waals surface area contributed by atoms with Crippen LogP contribution in [-0.2, 0) is 6.42 Å². The lowest BCUT2D eigenvalue weighted by Gasteiger charge is -2.16. The highest BCUT2D eigenvalue weighted by molar-refractivity contribution is 5.41. The first-order valence-corrected chi connectivity index (χ1v) is 5.06. The maximum absolute atomic E-state index is 5.82. The Labute approximate surface area is 79.9 Å². The molecule has 0 aromatic carbocycles. The molecule has 1 rings (SSSR count). The number of hydrogen-bond acceptors (Lipinski definition) is 2. The zero-order valence-corrected chi connectivity index (χ0v) is 8.75. The Hall–Kier alpha value is -0.990. The van der Waals surface area contributed by atoms with Gasteiger partial charge in [-0.2, -0.15) is 5.10 Å². The lowest BCUT2D eigenvalue weighted by molar-refractivity contribution is 0.416. The molecule has 0 amide bonds. The Morgan fingerprint density at radius 2 is 2.00 bits per heavy atom. The maximum Gasteiger partial charge on any atom is 0.0733 e. The van der Waals surface area contributed by atoms with E-state index in [1.165, 1.54) is 5.69 Å². The van der Waals surface area contributed by atoms with Gasteiger partial charge in [0.1, 0.15) is 0 Å². The zero-order valence-electron chi connectivity index (χ0n) is 8.75. The topological polar surface area (TPSA) is 43.8 Å². The Bertz CT molecular complexity index is 261. The molecule has 0 saturated carbocycles. The van der Waals surface area contributed by atoms with Gasteiger partial charge in [-0.25, -0.2) is 0 Å². The summed E-state index contributed by atoms with van der Waals surface area (Å²) in [5.41, 5.74) is 7.82. The van der Waals surface area contributed by atoms with Crippen molar-refractivity contribution in [3.05, 3.63) is 11.9 Å². The van der Waals surface area contributed by atoms with Gasteiger partial charge in [-0.05, 0) is 19.3 Å². The van der Waals surface area contributed by atoms with Crippen molar-refractivity contribution < 1.29 is 0 Å². The molecule has 0 aliphatic carbocycles. The van der Waals surface area contributed by atoms with Gasteiger partial charge in [-0.15, -0.1) is 0 Å². The largest absolute Gasteiger partial charge is 0.396 e. The number of nitrogen functional groups attached to an aromatic ring is 1. The van der Waals surface area contributed by atoms with E-state index < -0.39 is 0 Å². The fraction of sp³-hybridized carbons (Fsp3) is 0.700. The zero-order chi connectivity index (χ0) is 9.84. The molecule has 3 heteroatoms. The van der Waals surface area contributed by atoms with Crippen molar-refractivity contribution in [1.82, 2.24) is 9.78 Å². The van der Waals surface area contributed by atoms with E-state index in [1.807, 2.05) is 0 Å². The van der Waals surface area contributed by atoms with E-state index in [0.717, 1.165) is 24.9 Å². The summed E-state index contributed by atoms with van der Waals surface area (Å²) in [6, 6.07) is 0.507. The van der Waals surface area contributed by atoms with Gasteiger partial charge in [0, 0.05) is 0 Å². The van der Waals surface area contributed by atoms with Crippen LogP contribution in [0.1, 0.15) is 45.3 Å². The van der Waals surface area contributed by atoms with Gasteiger partial charge in [-0.1, -0.05) is 20.8 Å². The van der Waals surface area contributed by atoms with Gasteiger partial charge in [-0.3, -0.25) is 4.68 Å². The molecule has 3 nitrogen and oxygen atoms in total. The number of hydrogen-bond donors (Lipinski definition) is 1. The van der Waals surface area contributed by atoms with Crippen molar-refractivity contribution in [3.8, 4) is 0 Å². The third kappa shape index (κ3) is 1.85. The molecule has 0 spiro atoms. The lowest BCUT2D eigenvalue weighted by Crippen LogP contribution is -2.12. The summed E-state index contributed by atoms with van der Waals surface area (Å²) in [5.74, 6) is 0. The normalized spacial score (nSPS) is 11.1. The molecule has 1 heterocycles. The summed E-state index contributed by atoms with van der Waals surface area (Å²) in [7, 11) is 0. The fourth-order valence-electron chi connectivity index (χ4n) is 1.72. The van der Waals surface area contributed by atoms with E-state index in [0.29, 0.717) is 6.04 Å². The van der Waals surface area contributed by atoms with Crippen LogP contribution in [0.2, 0.25) is 0 Å². The second-order valence-corrected chi connectivity index (χ2v) is 3.32. The van der Waals surface area contributed by atoms with Gasteiger partial charge in [0.05, 0.1) is 23.6 Å². The monoisotopic (exact) mass is 181 g/mol. The summed E-state index contributed by atoms with van der Waals surface area (Å²) in [5, 5.41) is 4.32. The Morgan fingerprint density at radius 3 is 2.46 bits per heavy atom. The number of nitrogens with two attached hydrogens (primary N) is 1. The molecule has 0 unspecified atom stereocenters. The van der Waals surface area contributed by atoms with Crippen molar-refractivity contribution in [3.63, 3.8) is 0 Å². The molecule has 0 saturated heterocycles. The molecular weight excluding hydrogens is 162 g/mol. The summed E-state index contributed by atoms with van der Waals surface area (Å²) < 4.78 is 2.08. The van der Waals surface area contributed by atoms with E-state index in [-0.39, 0.29) is 0 Å². The molecule has 0 aliphatic rings. The average Bonchev–Trinajstić information content (AvgIpc) is 2.50. The first-order chi connectivity index (χ1) is 6.24. The summed E-state index contributed by atoms with van der Waals surface area (Å²) >= 11 is 0. The van der Waals surface area contributed by atoms with Crippen LogP contribution in [0.5, 0.6) is 0 Å². The van der Waals surface area contributed by atoms with Crippen LogP contribution >= 0.6 is 0 Å². The SMILES string of the molecule is CCc1c(N)cnn1C(CC)CC. The Kier molecular flexibility index (Phi) is 3.34. The number of nitrogens with zero attached hydrogens (tertiary/aromatic N) is 2. The molecule has 0 fully saturated rings. The Morgan fingerprint density at radius 1 is 1.38 bits per heavy atom. The molecule has 13 heavy (non-hydrogen) atoms. The highest BCUT2D eigenvalue weighted by Gasteiger charge is 2.12. The van der Waals surface area contributed by atoms with Crippen molar-refractivity contribution >= 4 is 5.69 Å². The van der Waals surface area contributed by atoms with Gasteiger partial charge in [0.2, 0.25) is 0 Å². The van der Waals surface area contributed by atoms with Crippen molar-refractivity contribution in [1.29, 1.82) is 0 Å². The molecule has 74 valence electrons. The first-order valence-electron chi connectivity index (χ1n) is 5.06. The summed E-state index contributed by atoms with van der Waals surface area (Å²) in [6.45, 7) is 6.49. The summed E-state index contributed by atoms with van der Waals surface area (Å²) in [6.07, 6.45) is 4.95. The second-order valence-electron chi connectivity index (χ2n) is 3.32. The predicted octanol–water partition coefficient (Wildman–Crippen LogP) is 2.39. The minimum absolute atomic E-state index is 0.507. The van der Waals surface area contributed by atoms with E-state index in [1.54, 1.807) is 6.20 Å². The molecular formula is C10H19N3. The lowest BCUT2D eigenvalue weighted by atomic mass is 10.1. The van der Waals surface area contributed by atoms with Crippen molar-refractivity contribution in [2.45, 2.75) is 46.1 Å². The van der Waals surface area contributed by atoms with Crippen LogP contribution in [0.25, 0.3) is 0 Å². The van der Waals surface area contributed by atoms with Crippen LogP contribution < -0.4 is 5.73 Å². The molecule has 1 aromatic heterocycles. The molecule has 0 atom stereocenters. The van der Waals surface area contributed by atoms with Gasteiger partial charge >= 0.3 is 0 Å². The van der Waals surface area contributed by atoms with E-state index in [4.69, 9.17) is 5.73 Å². The molecule has 1 aromatic rings. The van der Waals surface area contributed by atoms with Crippen LogP contribution in [0.15, 0.2) is 6.20 Å². The first kappa shape index (κ1) is 10.1. The Balaban J connectivity index is 2.98. The number of rotatable bonds is 4. The molecule has 0 bridgehead atoms. The van der Waals surface area contributed by atoms with Gasteiger partial charge in [0.25, 0.3) is 0 Å². The smallest absolute Gasteiger partial charge is 0.0733 e. The van der Waals surface area contributed by atoms with E-state index in [9.17, 15) is 0 Å². The highest BCUT2D eigenvalue weighted by atomic mass is 15.3. The van der Waals surface area contributed by atoms with E-state index >= 15 is 0 Å². The molecule has 0 radical (unpaired) electrons. The third-order valence-electron chi connectivity index (χ3n) is 2.55. The number of anilines is 1. The molecule has 0 aliphatic heterocycles. The maximum atomic E-state index is 5.82. The highest BCUT2D eigenvalue weighted by Crippen LogP contribution is 2.21. The van der Waals surface area contributed by atoms with Crippen molar-refractivity contribution in [2.75, 3.05) is 5.73 Å².